The maximum atomic E-state index is 11.9. The molecule has 2 aliphatic heterocycles. The zero-order chi connectivity index (χ0) is 12.3. The molecule has 2 unspecified atom stereocenters. The summed E-state index contributed by atoms with van der Waals surface area (Å²) in [5.74, 6) is 0.265. The number of piperidine rings is 1. The highest BCUT2D eigenvalue weighted by Crippen LogP contribution is 2.16. The predicted molar refractivity (Wildman–Crippen MR) is 68.7 cm³/mol. The lowest BCUT2D eigenvalue weighted by atomic mass is 10.1. The van der Waals surface area contributed by atoms with Crippen LogP contribution < -0.4 is 5.32 Å². The van der Waals surface area contributed by atoms with Crippen LogP contribution in [0, 0.1) is 0 Å². The minimum absolute atomic E-state index is 0.252. The molecule has 2 saturated heterocycles. The summed E-state index contributed by atoms with van der Waals surface area (Å²) in [6.45, 7) is 8.28. The molecule has 2 atom stereocenters. The van der Waals surface area contributed by atoms with Crippen LogP contribution in [0.3, 0.4) is 0 Å². The normalized spacial score (nSPS) is 28.7. The van der Waals surface area contributed by atoms with Gasteiger partial charge in [-0.1, -0.05) is 13.3 Å². The molecule has 0 aromatic heterocycles. The van der Waals surface area contributed by atoms with E-state index in [1.165, 1.54) is 32.4 Å². The van der Waals surface area contributed by atoms with Gasteiger partial charge in [0.15, 0.2) is 0 Å². The summed E-state index contributed by atoms with van der Waals surface area (Å²) >= 11 is 0. The molecule has 17 heavy (non-hydrogen) atoms. The Morgan fingerprint density at radius 2 is 2.06 bits per heavy atom. The van der Waals surface area contributed by atoms with Gasteiger partial charge in [-0.15, -0.1) is 0 Å². The van der Waals surface area contributed by atoms with Gasteiger partial charge in [-0.2, -0.15) is 0 Å². The van der Waals surface area contributed by atoms with E-state index in [0.717, 1.165) is 13.0 Å². The topological polar surface area (TPSA) is 35.6 Å². The minimum atomic E-state index is 0.252. The number of carbonyl (C=O) groups is 1. The van der Waals surface area contributed by atoms with Gasteiger partial charge in [0.25, 0.3) is 0 Å². The number of nitrogens with one attached hydrogen (secondary N) is 1. The fourth-order valence-electron chi connectivity index (χ4n) is 3.07. The summed E-state index contributed by atoms with van der Waals surface area (Å²) in [7, 11) is 0. The highest BCUT2D eigenvalue weighted by atomic mass is 16.2. The molecular weight excluding hydrogens is 214 g/mol. The van der Waals surface area contributed by atoms with E-state index in [0.29, 0.717) is 12.6 Å². The zero-order valence-corrected chi connectivity index (χ0v) is 11.1. The third-order valence-corrected chi connectivity index (χ3v) is 3.95. The largest absolute Gasteiger partial charge is 0.322 e. The Balaban J connectivity index is 1.89. The molecule has 0 aromatic carbocycles. The van der Waals surface area contributed by atoms with Gasteiger partial charge in [0.05, 0.1) is 12.7 Å². The number of hydrogen-bond donors (Lipinski definition) is 1. The maximum Gasteiger partial charge on any atom is 0.238 e. The summed E-state index contributed by atoms with van der Waals surface area (Å²) in [5, 5.41) is 3.28. The highest BCUT2D eigenvalue weighted by Gasteiger charge is 2.33. The van der Waals surface area contributed by atoms with Gasteiger partial charge in [-0.3, -0.25) is 10.1 Å². The smallest absolute Gasteiger partial charge is 0.238 e. The van der Waals surface area contributed by atoms with E-state index in [2.05, 4.69) is 29.0 Å². The molecule has 0 radical (unpaired) electrons. The number of nitrogens with zero attached hydrogens (tertiary/aromatic N) is 2. The van der Waals surface area contributed by atoms with Crippen LogP contribution in [-0.2, 0) is 4.79 Å². The van der Waals surface area contributed by atoms with Gasteiger partial charge < -0.3 is 9.80 Å². The molecule has 1 amide bonds. The molecule has 0 saturated carbocycles. The second-order valence-corrected chi connectivity index (χ2v) is 5.32. The van der Waals surface area contributed by atoms with E-state index in [9.17, 15) is 4.79 Å². The van der Waals surface area contributed by atoms with Crippen molar-refractivity contribution in [1.82, 2.24) is 15.1 Å². The number of likely N-dealkylation sites (tertiary alicyclic amines) is 1. The number of carbonyl (C=O) groups excluding carboxylic acids is 1. The Morgan fingerprint density at radius 3 is 2.71 bits per heavy atom. The summed E-state index contributed by atoms with van der Waals surface area (Å²) in [6, 6.07) is 0.334. The van der Waals surface area contributed by atoms with Gasteiger partial charge in [0.2, 0.25) is 5.91 Å². The summed E-state index contributed by atoms with van der Waals surface area (Å²) in [5.41, 5.74) is 0. The Bertz CT molecular complexity index is 263. The Hall–Kier alpha value is -0.610. The van der Waals surface area contributed by atoms with Gasteiger partial charge in [-0.05, 0) is 39.3 Å². The molecule has 0 aromatic rings. The number of amides is 1. The van der Waals surface area contributed by atoms with Crippen molar-refractivity contribution in [3.05, 3.63) is 0 Å². The molecule has 0 aliphatic carbocycles. The number of rotatable bonds is 4. The second kappa shape index (κ2) is 5.83. The van der Waals surface area contributed by atoms with Crippen molar-refractivity contribution in [1.29, 1.82) is 0 Å². The van der Waals surface area contributed by atoms with E-state index in [-0.39, 0.29) is 12.1 Å². The van der Waals surface area contributed by atoms with E-state index in [1.807, 2.05) is 0 Å². The first-order chi connectivity index (χ1) is 8.22. The van der Waals surface area contributed by atoms with Crippen LogP contribution in [0.1, 0.15) is 39.5 Å². The lowest BCUT2D eigenvalue weighted by Gasteiger charge is -2.35. The van der Waals surface area contributed by atoms with Crippen LogP contribution in [0.4, 0.5) is 0 Å². The van der Waals surface area contributed by atoms with Crippen LogP contribution in [0.15, 0.2) is 0 Å². The minimum Gasteiger partial charge on any atom is -0.322 e. The van der Waals surface area contributed by atoms with E-state index >= 15 is 0 Å². The molecule has 4 nitrogen and oxygen atoms in total. The molecule has 0 spiro atoms. The quantitative estimate of drug-likeness (QED) is 0.796. The third-order valence-electron chi connectivity index (χ3n) is 3.95. The van der Waals surface area contributed by atoms with Crippen molar-refractivity contribution < 1.29 is 4.79 Å². The van der Waals surface area contributed by atoms with Crippen LogP contribution >= 0.6 is 0 Å². The standard InChI is InChI=1S/C13H25N3O/c1-3-12-14-9-13(17)16(12)11(2)10-15-7-5-4-6-8-15/h11-12,14H,3-10H2,1-2H3. The first kappa shape index (κ1) is 12.8. The van der Waals surface area contributed by atoms with Crippen molar-refractivity contribution in [3.8, 4) is 0 Å². The lowest BCUT2D eigenvalue weighted by molar-refractivity contribution is -0.130. The van der Waals surface area contributed by atoms with Crippen molar-refractivity contribution >= 4 is 5.91 Å². The molecule has 2 rings (SSSR count). The van der Waals surface area contributed by atoms with Gasteiger partial charge in [0, 0.05) is 12.6 Å². The van der Waals surface area contributed by atoms with Gasteiger partial charge >= 0.3 is 0 Å². The molecule has 98 valence electrons. The maximum absolute atomic E-state index is 11.9. The molecular formula is C13H25N3O. The van der Waals surface area contributed by atoms with E-state index in [4.69, 9.17) is 0 Å². The fraction of sp³-hybridized carbons (Fsp3) is 0.923. The first-order valence-electron chi connectivity index (χ1n) is 6.99. The molecule has 0 bridgehead atoms. The zero-order valence-electron chi connectivity index (χ0n) is 11.1. The first-order valence-corrected chi connectivity index (χ1v) is 6.99. The van der Waals surface area contributed by atoms with Crippen LogP contribution in [0.5, 0.6) is 0 Å². The van der Waals surface area contributed by atoms with E-state index in [1.54, 1.807) is 0 Å². The fourth-order valence-corrected chi connectivity index (χ4v) is 3.07. The molecule has 1 N–H and O–H groups in total. The van der Waals surface area contributed by atoms with Crippen molar-refractivity contribution in [3.63, 3.8) is 0 Å². The lowest BCUT2D eigenvalue weighted by Crippen LogP contribution is -2.49. The van der Waals surface area contributed by atoms with Crippen LogP contribution in [0.2, 0.25) is 0 Å². The Morgan fingerprint density at radius 1 is 1.35 bits per heavy atom. The average Bonchev–Trinajstić information content (AvgIpc) is 2.71. The van der Waals surface area contributed by atoms with Crippen LogP contribution in [0.25, 0.3) is 0 Å². The third kappa shape index (κ3) is 2.99. The second-order valence-electron chi connectivity index (χ2n) is 5.32. The summed E-state index contributed by atoms with van der Waals surface area (Å²) in [6.07, 6.45) is 5.25. The summed E-state index contributed by atoms with van der Waals surface area (Å²) in [4.78, 5) is 16.4. The predicted octanol–water partition coefficient (Wildman–Crippen LogP) is 1.03. The molecule has 2 fully saturated rings. The Kier molecular flexibility index (Phi) is 4.40. The van der Waals surface area contributed by atoms with Gasteiger partial charge in [0.1, 0.15) is 0 Å². The Labute approximate surface area is 104 Å². The van der Waals surface area contributed by atoms with Crippen molar-refractivity contribution in [2.45, 2.75) is 51.7 Å². The van der Waals surface area contributed by atoms with Crippen molar-refractivity contribution in [2.75, 3.05) is 26.2 Å². The highest BCUT2D eigenvalue weighted by molar-refractivity contribution is 5.81. The monoisotopic (exact) mass is 239 g/mol. The molecule has 2 heterocycles. The molecule has 2 aliphatic rings. The summed E-state index contributed by atoms with van der Waals surface area (Å²) < 4.78 is 0. The SMILES string of the molecule is CCC1NCC(=O)N1C(C)CN1CCCCC1. The molecule has 4 heteroatoms. The average molecular weight is 239 g/mol. The van der Waals surface area contributed by atoms with E-state index < -0.39 is 0 Å². The van der Waals surface area contributed by atoms with Gasteiger partial charge in [-0.25, -0.2) is 0 Å². The van der Waals surface area contributed by atoms with Crippen LogP contribution in [-0.4, -0.2) is 54.1 Å². The number of hydrogen-bond acceptors (Lipinski definition) is 3. The van der Waals surface area contributed by atoms with Crippen molar-refractivity contribution in [2.24, 2.45) is 0 Å².